The third-order valence-corrected chi connectivity index (χ3v) is 1.48. The van der Waals surface area contributed by atoms with Gasteiger partial charge in [0.25, 0.3) is 0 Å². The van der Waals surface area contributed by atoms with E-state index in [1.807, 2.05) is 6.07 Å². The minimum atomic E-state index is -0.611. The summed E-state index contributed by atoms with van der Waals surface area (Å²) in [7, 11) is 0. The first-order valence-corrected chi connectivity index (χ1v) is 3.29. The summed E-state index contributed by atoms with van der Waals surface area (Å²) in [6.07, 6.45) is 0.0383. The minimum Gasteiger partial charge on any atom is -0.222 e. The Kier molecular flexibility index (Phi) is 2.40. The van der Waals surface area contributed by atoms with Crippen molar-refractivity contribution in [2.45, 2.75) is 6.42 Å². The molecule has 0 amide bonds. The Morgan fingerprint density at radius 1 is 1.64 bits per heavy atom. The molecule has 0 unspecified atom stereocenters. The normalized spacial score (nSPS) is 9.18. The predicted molar refractivity (Wildman–Crippen MR) is 38.5 cm³/mol. The molecule has 1 heterocycles. The van der Waals surface area contributed by atoms with Crippen LogP contribution in [0.2, 0.25) is 5.02 Å². The average Bonchev–Trinajstić information content (AvgIpc) is 1.98. The Labute approximate surface area is 68.2 Å². The summed E-state index contributed by atoms with van der Waals surface area (Å²) >= 11 is 5.59. The Morgan fingerprint density at radius 3 is 3.00 bits per heavy atom. The van der Waals surface area contributed by atoms with Crippen LogP contribution in [0.25, 0.3) is 0 Å². The lowest BCUT2D eigenvalue weighted by molar-refractivity contribution is 0.579. The van der Waals surface area contributed by atoms with Crippen LogP contribution in [0.4, 0.5) is 4.39 Å². The maximum absolute atomic E-state index is 12.4. The number of pyridine rings is 1. The van der Waals surface area contributed by atoms with Gasteiger partial charge >= 0.3 is 0 Å². The Morgan fingerprint density at radius 2 is 2.36 bits per heavy atom. The largest absolute Gasteiger partial charge is 0.222 e. The van der Waals surface area contributed by atoms with Crippen LogP contribution in [0.15, 0.2) is 12.1 Å². The number of aromatic nitrogens is 1. The third kappa shape index (κ3) is 1.89. The molecule has 0 radical (unpaired) electrons. The fourth-order valence-corrected chi connectivity index (χ4v) is 0.829. The maximum atomic E-state index is 12.4. The van der Waals surface area contributed by atoms with Gasteiger partial charge in [-0.15, -0.1) is 0 Å². The number of nitrogens with zero attached hydrogens (tertiary/aromatic N) is 2. The number of rotatable bonds is 1. The summed E-state index contributed by atoms with van der Waals surface area (Å²) < 4.78 is 12.4. The molecule has 56 valence electrons. The zero-order valence-corrected chi connectivity index (χ0v) is 6.27. The van der Waals surface area contributed by atoms with Crippen LogP contribution in [0.1, 0.15) is 5.69 Å². The van der Waals surface area contributed by atoms with Gasteiger partial charge in [0, 0.05) is 0 Å². The second-order valence-corrected chi connectivity index (χ2v) is 2.30. The van der Waals surface area contributed by atoms with Crippen LogP contribution in [0, 0.1) is 17.3 Å². The molecule has 0 saturated heterocycles. The summed E-state index contributed by atoms with van der Waals surface area (Å²) in [5, 5.41) is 8.59. The Hall–Kier alpha value is -1.14. The van der Waals surface area contributed by atoms with E-state index in [1.54, 1.807) is 0 Å². The molecule has 0 fully saturated rings. The van der Waals surface area contributed by atoms with Crippen LogP contribution in [-0.4, -0.2) is 4.98 Å². The van der Waals surface area contributed by atoms with E-state index in [2.05, 4.69) is 4.98 Å². The first-order valence-electron chi connectivity index (χ1n) is 2.92. The lowest BCUT2D eigenvalue weighted by Gasteiger charge is -1.95. The highest BCUT2D eigenvalue weighted by molar-refractivity contribution is 6.31. The molecule has 0 saturated carbocycles. The fourth-order valence-electron chi connectivity index (χ4n) is 0.657. The topological polar surface area (TPSA) is 36.7 Å². The summed E-state index contributed by atoms with van der Waals surface area (Å²) in [5.74, 6) is -0.611. The molecule has 1 aromatic heterocycles. The highest BCUT2D eigenvalue weighted by Gasteiger charge is 2.01. The van der Waals surface area contributed by atoms with Crippen molar-refractivity contribution in [2.75, 3.05) is 0 Å². The lowest BCUT2D eigenvalue weighted by Crippen LogP contribution is -1.91. The molecule has 11 heavy (non-hydrogen) atoms. The molecule has 0 aliphatic heterocycles. The van der Waals surface area contributed by atoms with Gasteiger partial charge in [0.05, 0.1) is 23.2 Å². The van der Waals surface area contributed by atoms with Crippen molar-refractivity contribution in [3.8, 4) is 6.07 Å². The second-order valence-electron chi connectivity index (χ2n) is 1.90. The molecular formula is C7H4ClFN2. The van der Waals surface area contributed by atoms with Crippen molar-refractivity contribution in [3.05, 3.63) is 28.8 Å². The van der Waals surface area contributed by atoms with Crippen LogP contribution in [-0.2, 0) is 6.42 Å². The van der Waals surface area contributed by atoms with E-state index in [0.717, 1.165) is 6.07 Å². The predicted octanol–water partition coefficient (Wildman–Crippen LogP) is 1.94. The van der Waals surface area contributed by atoms with E-state index >= 15 is 0 Å². The SMILES string of the molecule is N#CCc1nc(F)ccc1Cl. The van der Waals surface area contributed by atoms with Gasteiger partial charge in [-0.3, -0.25) is 0 Å². The fraction of sp³-hybridized carbons (Fsp3) is 0.143. The van der Waals surface area contributed by atoms with E-state index in [4.69, 9.17) is 16.9 Å². The smallest absolute Gasteiger partial charge is 0.213 e. The molecular weight excluding hydrogens is 167 g/mol. The van der Waals surface area contributed by atoms with Gasteiger partial charge in [0.2, 0.25) is 5.95 Å². The molecule has 0 aliphatic carbocycles. The molecule has 2 nitrogen and oxygen atoms in total. The number of halogens is 2. The molecule has 0 atom stereocenters. The monoisotopic (exact) mass is 170 g/mol. The maximum Gasteiger partial charge on any atom is 0.213 e. The van der Waals surface area contributed by atoms with Gasteiger partial charge in [0.1, 0.15) is 0 Å². The first-order chi connectivity index (χ1) is 5.24. The van der Waals surface area contributed by atoms with Gasteiger partial charge in [-0.1, -0.05) is 11.6 Å². The molecule has 1 aromatic rings. The molecule has 0 spiro atoms. The number of hydrogen-bond acceptors (Lipinski definition) is 2. The van der Waals surface area contributed by atoms with Crippen LogP contribution in [0.3, 0.4) is 0 Å². The Balaban J connectivity index is 3.05. The van der Waals surface area contributed by atoms with E-state index in [9.17, 15) is 4.39 Å². The van der Waals surface area contributed by atoms with Gasteiger partial charge < -0.3 is 0 Å². The molecule has 0 aliphatic rings. The van der Waals surface area contributed by atoms with Crippen molar-refractivity contribution in [3.63, 3.8) is 0 Å². The van der Waals surface area contributed by atoms with Gasteiger partial charge in [0.15, 0.2) is 0 Å². The van der Waals surface area contributed by atoms with Crippen LogP contribution < -0.4 is 0 Å². The van der Waals surface area contributed by atoms with Crippen molar-refractivity contribution in [2.24, 2.45) is 0 Å². The van der Waals surface area contributed by atoms with Crippen molar-refractivity contribution in [1.29, 1.82) is 5.26 Å². The van der Waals surface area contributed by atoms with Crippen LogP contribution >= 0.6 is 11.6 Å². The highest BCUT2D eigenvalue weighted by atomic mass is 35.5. The van der Waals surface area contributed by atoms with E-state index in [1.165, 1.54) is 6.07 Å². The Bertz CT molecular complexity index is 306. The quantitative estimate of drug-likeness (QED) is 0.604. The lowest BCUT2D eigenvalue weighted by atomic mass is 10.3. The zero-order chi connectivity index (χ0) is 8.27. The molecule has 0 bridgehead atoms. The minimum absolute atomic E-state index is 0.0383. The van der Waals surface area contributed by atoms with Gasteiger partial charge in [-0.2, -0.15) is 9.65 Å². The van der Waals surface area contributed by atoms with Crippen LogP contribution in [0.5, 0.6) is 0 Å². The summed E-state index contributed by atoms with van der Waals surface area (Å²) in [4.78, 5) is 3.44. The molecule has 1 rings (SSSR count). The standard InChI is InChI=1S/C7H4ClFN2/c8-5-1-2-7(9)11-6(5)3-4-10/h1-2H,3H2. The van der Waals surface area contributed by atoms with Gasteiger partial charge in [-0.25, -0.2) is 4.98 Å². The average molecular weight is 171 g/mol. The van der Waals surface area contributed by atoms with Crippen molar-refractivity contribution in [1.82, 2.24) is 4.98 Å². The van der Waals surface area contributed by atoms with Crippen molar-refractivity contribution >= 4 is 11.6 Å². The zero-order valence-electron chi connectivity index (χ0n) is 5.51. The van der Waals surface area contributed by atoms with E-state index in [-0.39, 0.29) is 12.1 Å². The number of hydrogen-bond donors (Lipinski definition) is 0. The molecule has 4 heteroatoms. The highest BCUT2D eigenvalue weighted by Crippen LogP contribution is 2.13. The first kappa shape index (κ1) is 7.96. The van der Waals surface area contributed by atoms with Crippen molar-refractivity contribution < 1.29 is 4.39 Å². The van der Waals surface area contributed by atoms with E-state index in [0.29, 0.717) is 5.02 Å². The molecule has 0 N–H and O–H groups in total. The summed E-state index contributed by atoms with van der Waals surface area (Å²) in [6, 6.07) is 4.38. The third-order valence-electron chi connectivity index (χ3n) is 1.13. The molecule has 0 aromatic carbocycles. The second kappa shape index (κ2) is 3.31. The van der Waals surface area contributed by atoms with E-state index < -0.39 is 5.95 Å². The van der Waals surface area contributed by atoms with Gasteiger partial charge in [-0.05, 0) is 12.1 Å². The summed E-state index contributed by atoms with van der Waals surface area (Å²) in [5.41, 5.74) is 0.286. The number of nitriles is 1. The summed E-state index contributed by atoms with van der Waals surface area (Å²) in [6.45, 7) is 0.